The fraction of sp³-hybridized carbons (Fsp3) is 0.417. The van der Waals surface area contributed by atoms with E-state index in [-0.39, 0.29) is 0 Å². The number of benzene rings is 1. The molecule has 16 heavy (non-hydrogen) atoms. The van der Waals surface area contributed by atoms with Crippen LogP contribution in [-0.4, -0.2) is 25.3 Å². The van der Waals surface area contributed by atoms with Crippen LogP contribution >= 0.6 is 0 Å². The molecule has 88 valence electrons. The predicted molar refractivity (Wildman–Crippen MR) is 59.1 cm³/mol. The number of esters is 1. The molecule has 1 N–H and O–H groups in total. The molecule has 0 fully saturated rings. The molecule has 0 aliphatic heterocycles. The normalized spacial score (nSPS) is 14.0. The number of hydrogen-bond acceptors (Lipinski definition) is 4. The molecule has 1 aromatic carbocycles. The van der Waals surface area contributed by atoms with Crippen molar-refractivity contribution in [3.8, 4) is 5.75 Å². The van der Waals surface area contributed by atoms with Gasteiger partial charge in [0.1, 0.15) is 5.75 Å². The zero-order chi connectivity index (χ0) is 12.1. The molecule has 0 heterocycles. The van der Waals surface area contributed by atoms with Crippen LogP contribution in [0.5, 0.6) is 5.75 Å². The van der Waals surface area contributed by atoms with Gasteiger partial charge in [0.15, 0.2) is 0 Å². The van der Waals surface area contributed by atoms with Crippen molar-refractivity contribution >= 4 is 5.97 Å². The third kappa shape index (κ3) is 2.52. The molecule has 4 heteroatoms. The zero-order valence-electron chi connectivity index (χ0n) is 9.64. The smallest absolute Gasteiger partial charge is 0.311 e. The second-order valence-electron chi connectivity index (χ2n) is 3.50. The summed E-state index contributed by atoms with van der Waals surface area (Å²) in [5, 5.41) is 10.0. The number of methoxy groups -OCH3 is 2. The lowest BCUT2D eigenvalue weighted by molar-refractivity contribution is -0.148. The van der Waals surface area contributed by atoms with Gasteiger partial charge < -0.3 is 14.6 Å². The Balaban J connectivity index is 2.95. The third-order valence-electron chi connectivity index (χ3n) is 2.50. The van der Waals surface area contributed by atoms with Crippen molar-refractivity contribution in [2.45, 2.75) is 13.0 Å². The maximum absolute atomic E-state index is 11.3. The Morgan fingerprint density at radius 2 is 1.94 bits per heavy atom. The molecule has 0 aromatic heterocycles. The van der Waals surface area contributed by atoms with Crippen LogP contribution < -0.4 is 4.74 Å². The van der Waals surface area contributed by atoms with Crippen molar-refractivity contribution in [3.63, 3.8) is 0 Å². The van der Waals surface area contributed by atoms with E-state index in [4.69, 9.17) is 4.74 Å². The maximum Gasteiger partial charge on any atom is 0.311 e. The monoisotopic (exact) mass is 224 g/mol. The quantitative estimate of drug-likeness (QED) is 0.788. The van der Waals surface area contributed by atoms with Crippen LogP contribution in [0.1, 0.15) is 18.6 Å². The van der Waals surface area contributed by atoms with Crippen molar-refractivity contribution in [1.82, 2.24) is 0 Å². The number of ether oxygens (including phenoxy) is 2. The van der Waals surface area contributed by atoms with Crippen LogP contribution in [-0.2, 0) is 9.53 Å². The van der Waals surface area contributed by atoms with E-state index in [0.29, 0.717) is 11.3 Å². The molecule has 4 nitrogen and oxygen atoms in total. The van der Waals surface area contributed by atoms with E-state index in [1.807, 2.05) is 0 Å². The molecule has 0 spiro atoms. The second-order valence-corrected chi connectivity index (χ2v) is 3.50. The summed E-state index contributed by atoms with van der Waals surface area (Å²) in [5.74, 6) is -0.509. The fourth-order valence-corrected chi connectivity index (χ4v) is 1.49. The zero-order valence-corrected chi connectivity index (χ0v) is 9.64. The number of carbonyl (C=O) groups is 1. The van der Waals surface area contributed by atoms with Crippen LogP contribution in [0, 0.1) is 5.92 Å². The Morgan fingerprint density at radius 1 is 1.31 bits per heavy atom. The van der Waals surface area contributed by atoms with E-state index in [1.54, 1.807) is 31.2 Å². The van der Waals surface area contributed by atoms with E-state index >= 15 is 0 Å². The molecule has 1 aromatic rings. The first-order chi connectivity index (χ1) is 7.61. The molecule has 0 radical (unpaired) electrons. The van der Waals surface area contributed by atoms with Gasteiger partial charge in [0, 0.05) is 5.56 Å². The first-order valence-electron chi connectivity index (χ1n) is 5.00. The van der Waals surface area contributed by atoms with Crippen LogP contribution in [0.15, 0.2) is 24.3 Å². The molecule has 1 rings (SSSR count). The molecule has 0 aliphatic carbocycles. The second kappa shape index (κ2) is 5.51. The van der Waals surface area contributed by atoms with E-state index in [1.165, 1.54) is 14.2 Å². The average molecular weight is 224 g/mol. The van der Waals surface area contributed by atoms with E-state index < -0.39 is 18.0 Å². The first-order valence-corrected chi connectivity index (χ1v) is 5.00. The number of aliphatic hydroxyl groups is 1. The minimum Gasteiger partial charge on any atom is -0.496 e. The van der Waals surface area contributed by atoms with Crippen molar-refractivity contribution < 1.29 is 19.4 Å². The molecule has 0 aliphatic rings. The van der Waals surface area contributed by atoms with Gasteiger partial charge in [-0.1, -0.05) is 18.2 Å². The maximum atomic E-state index is 11.3. The molecule has 0 unspecified atom stereocenters. The largest absolute Gasteiger partial charge is 0.496 e. The van der Waals surface area contributed by atoms with Crippen LogP contribution in [0.3, 0.4) is 0 Å². The molecule has 0 saturated carbocycles. The van der Waals surface area contributed by atoms with Gasteiger partial charge in [0.2, 0.25) is 0 Å². The first kappa shape index (κ1) is 12.5. The number of aliphatic hydroxyl groups excluding tert-OH is 1. The highest BCUT2D eigenvalue weighted by molar-refractivity contribution is 5.73. The molecule has 0 bridgehead atoms. The van der Waals surface area contributed by atoms with Gasteiger partial charge in [-0.15, -0.1) is 0 Å². The Hall–Kier alpha value is -1.55. The summed E-state index contributed by atoms with van der Waals surface area (Å²) in [6.07, 6.45) is -0.927. The average Bonchev–Trinajstić information content (AvgIpc) is 2.35. The van der Waals surface area contributed by atoms with Gasteiger partial charge in [-0.2, -0.15) is 0 Å². The Morgan fingerprint density at radius 3 is 2.50 bits per heavy atom. The third-order valence-corrected chi connectivity index (χ3v) is 2.50. The number of para-hydroxylation sites is 1. The topological polar surface area (TPSA) is 55.8 Å². The summed E-state index contributed by atoms with van der Waals surface area (Å²) in [4.78, 5) is 11.3. The van der Waals surface area contributed by atoms with Gasteiger partial charge in [-0.3, -0.25) is 4.79 Å². The standard InChI is InChI=1S/C12H16O4/c1-8(12(14)16-3)11(13)9-6-4-5-7-10(9)15-2/h4-8,11,13H,1-3H3/t8-,11-/m1/s1. The number of rotatable bonds is 4. The van der Waals surface area contributed by atoms with Crippen molar-refractivity contribution in [2.24, 2.45) is 5.92 Å². The van der Waals surface area contributed by atoms with Gasteiger partial charge in [-0.05, 0) is 13.0 Å². The summed E-state index contributed by atoms with van der Waals surface area (Å²) < 4.78 is 9.71. The fourth-order valence-electron chi connectivity index (χ4n) is 1.49. The molecule has 0 saturated heterocycles. The number of carbonyl (C=O) groups excluding carboxylic acids is 1. The summed E-state index contributed by atoms with van der Waals surface area (Å²) >= 11 is 0. The van der Waals surface area contributed by atoms with E-state index in [9.17, 15) is 9.90 Å². The minimum absolute atomic E-state index is 0.446. The Labute approximate surface area is 94.8 Å². The summed E-state index contributed by atoms with van der Waals surface area (Å²) in [6, 6.07) is 7.05. The lowest BCUT2D eigenvalue weighted by Gasteiger charge is -2.19. The van der Waals surface area contributed by atoms with Crippen molar-refractivity contribution in [3.05, 3.63) is 29.8 Å². The molecule has 2 atom stereocenters. The van der Waals surface area contributed by atoms with E-state index in [0.717, 1.165) is 0 Å². The highest BCUT2D eigenvalue weighted by Crippen LogP contribution is 2.30. The number of hydrogen-bond donors (Lipinski definition) is 1. The van der Waals surface area contributed by atoms with E-state index in [2.05, 4.69) is 4.74 Å². The predicted octanol–water partition coefficient (Wildman–Crippen LogP) is 1.54. The lowest BCUT2D eigenvalue weighted by Crippen LogP contribution is -2.21. The highest BCUT2D eigenvalue weighted by Gasteiger charge is 2.26. The Kier molecular flexibility index (Phi) is 4.31. The molecular weight excluding hydrogens is 208 g/mol. The van der Waals surface area contributed by atoms with Gasteiger partial charge >= 0.3 is 5.97 Å². The Bertz CT molecular complexity index is 362. The lowest BCUT2D eigenvalue weighted by atomic mass is 9.97. The summed E-state index contributed by atoms with van der Waals surface area (Å²) in [5.41, 5.74) is 0.586. The summed E-state index contributed by atoms with van der Waals surface area (Å²) in [6.45, 7) is 1.61. The van der Waals surface area contributed by atoms with Gasteiger partial charge in [0.25, 0.3) is 0 Å². The minimum atomic E-state index is -0.927. The van der Waals surface area contributed by atoms with Crippen LogP contribution in [0.2, 0.25) is 0 Å². The molecular formula is C12H16O4. The SMILES string of the molecule is COC(=O)[C@H](C)[C@@H](O)c1ccccc1OC. The van der Waals surface area contributed by atoms with Crippen molar-refractivity contribution in [2.75, 3.05) is 14.2 Å². The van der Waals surface area contributed by atoms with Crippen LogP contribution in [0.4, 0.5) is 0 Å². The molecule has 0 amide bonds. The van der Waals surface area contributed by atoms with Crippen LogP contribution in [0.25, 0.3) is 0 Å². The highest BCUT2D eigenvalue weighted by atomic mass is 16.5. The van der Waals surface area contributed by atoms with Gasteiger partial charge in [-0.25, -0.2) is 0 Å². The summed E-state index contributed by atoms with van der Waals surface area (Å²) in [7, 11) is 2.82. The van der Waals surface area contributed by atoms with Gasteiger partial charge in [0.05, 0.1) is 26.2 Å². The van der Waals surface area contributed by atoms with Crippen molar-refractivity contribution in [1.29, 1.82) is 0 Å².